The molecule has 0 unspecified atom stereocenters. The van der Waals surface area contributed by atoms with Crippen LogP contribution in [0.15, 0.2) is 41.3 Å². The van der Waals surface area contributed by atoms with Crippen molar-refractivity contribution in [2.24, 2.45) is 0 Å². The summed E-state index contributed by atoms with van der Waals surface area (Å²) in [5.41, 5.74) is 0. The molecule has 3 nitrogen and oxygen atoms in total. The van der Waals surface area contributed by atoms with Crippen LogP contribution in [0, 0.1) is 0 Å². The minimum Gasteiger partial charge on any atom is -0.493 e. The molecule has 0 atom stereocenters. The standard InChI is InChI=1S/C13H18O3S2/c1-3-4-10-17-11-9-16-12-5-7-13(8-6-12)18(2,14)15/h3-8H,9-11H2,1-2H3. The van der Waals surface area contributed by atoms with E-state index in [2.05, 4.69) is 6.08 Å². The van der Waals surface area contributed by atoms with Crippen molar-refractivity contribution in [3.05, 3.63) is 36.4 Å². The van der Waals surface area contributed by atoms with E-state index in [1.807, 2.05) is 13.0 Å². The lowest BCUT2D eigenvalue weighted by Crippen LogP contribution is -2.01. The summed E-state index contributed by atoms with van der Waals surface area (Å²) in [6.07, 6.45) is 5.32. The third-order valence-electron chi connectivity index (χ3n) is 2.20. The predicted octanol–water partition coefficient (Wildman–Crippen LogP) is 2.78. The Hall–Kier alpha value is -0.940. The summed E-state index contributed by atoms with van der Waals surface area (Å²) in [4.78, 5) is 0.317. The van der Waals surface area contributed by atoms with Gasteiger partial charge in [0.15, 0.2) is 9.84 Å². The van der Waals surface area contributed by atoms with E-state index in [9.17, 15) is 8.42 Å². The van der Waals surface area contributed by atoms with E-state index in [0.29, 0.717) is 17.3 Å². The molecule has 5 heteroatoms. The highest BCUT2D eigenvalue weighted by molar-refractivity contribution is 7.99. The summed E-state index contributed by atoms with van der Waals surface area (Å²) in [5.74, 6) is 2.61. The Morgan fingerprint density at radius 3 is 2.50 bits per heavy atom. The van der Waals surface area contributed by atoms with Crippen molar-refractivity contribution in [1.82, 2.24) is 0 Å². The van der Waals surface area contributed by atoms with Crippen LogP contribution in [0.1, 0.15) is 6.92 Å². The summed E-state index contributed by atoms with van der Waals surface area (Å²) in [6.45, 7) is 2.63. The Balaban J connectivity index is 2.36. The number of allylic oxidation sites excluding steroid dienone is 1. The van der Waals surface area contributed by atoms with Gasteiger partial charge in [-0.3, -0.25) is 0 Å². The number of sulfone groups is 1. The van der Waals surface area contributed by atoms with Gasteiger partial charge in [-0.1, -0.05) is 12.2 Å². The molecule has 0 N–H and O–H groups in total. The van der Waals surface area contributed by atoms with E-state index in [0.717, 1.165) is 11.5 Å². The monoisotopic (exact) mass is 286 g/mol. The van der Waals surface area contributed by atoms with Crippen LogP contribution in [0.4, 0.5) is 0 Å². The van der Waals surface area contributed by atoms with Crippen LogP contribution in [0.3, 0.4) is 0 Å². The number of benzene rings is 1. The highest BCUT2D eigenvalue weighted by Crippen LogP contribution is 2.16. The van der Waals surface area contributed by atoms with E-state index in [4.69, 9.17) is 4.74 Å². The average Bonchev–Trinajstić information content (AvgIpc) is 2.33. The SMILES string of the molecule is CC=CCSCCOc1ccc(S(C)(=O)=O)cc1. The van der Waals surface area contributed by atoms with Crippen LogP contribution in [-0.2, 0) is 9.84 Å². The summed E-state index contributed by atoms with van der Waals surface area (Å²) < 4.78 is 28.0. The van der Waals surface area contributed by atoms with Crippen LogP contribution in [0.25, 0.3) is 0 Å². The van der Waals surface area contributed by atoms with Gasteiger partial charge in [-0.25, -0.2) is 8.42 Å². The molecule has 1 aromatic carbocycles. The second-order valence-electron chi connectivity index (χ2n) is 3.74. The molecule has 0 aliphatic heterocycles. The molecular weight excluding hydrogens is 268 g/mol. The summed E-state index contributed by atoms with van der Waals surface area (Å²) in [5, 5.41) is 0. The molecule has 0 aliphatic rings. The van der Waals surface area contributed by atoms with Crippen LogP contribution < -0.4 is 4.74 Å². The zero-order chi connectivity index (χ0) is 13.4. The Labute approximate surface area is 113 Å². The van der Waals surface area contributed by atoms with Crippen molar-refractivity contribution in [2.75, 3.05) is 24.4 Å². The first-order chi connectivity index (χ1) is 8.54. The van der Waals surface area contributed by atoms with Crippen molar-refractivity contribution in [1.29, 1.82) is 0 Å². The molecule has 0 radical (unpaired) electrons. The lowest BCUT2D eigenvalue weighted by molar-refractivity contribution is 0.344. The highest BCUT2D eigenvalue weighted by atomic mass is 32.2. The van der Waals surface area contributed by atoms with Gasteiger partial charge in [0.25, 0.3) is 0 Å². The van der Waals surface area contributed by atoms with Gasteiger partial charge in [0.05, 0.1) is 11.5 Å². The van der Waals surface area contributed by atoms with Gasteiger partial charge in [0.1, 0.15) is 5.75 Å². The number of hydrogen-bond acceptors (Lipinski definition) is 4. The van der Waals surface area contributed by atoms with Gasteiger partial charge >= 0.3 is 0 Å². The zero-order valence-corrected chi connectivity index (χ0v) is 12.3. The smallest absolute Gasteiger partial charge is 0.175 e. The molecule has 0 spiro atoms. The quantitative estimate of drug-likeness (QED) is 0.571. The summed E-state index contributed by atoms with van der Waals surface area (Å²) in [6, 6.07) is 6.51. The molecule has 0 aliphatic carbocycles. The molecule has 1 rings (SSSR count). The largest absolute Gasteiger partial charge is 0.493 e. The van der Waals surface area contributed by atoms with Crippen LogP contribution in [-0.4, -0.2) is 32.8 Å². The van der Waals surface area contributed by atoms with Crippen molar-refractivity contribution in [2.45, 2.75) is 11.8 Å². The fourth-order valence-electron chi connectivity index (χ4n) is 1.25. The second-order valence-corrected chi connectivity index (χ2v) is 6.90. The van der Waals surface area contributed by atoms with Gasteiger partial charge in [0, 0.05) is 17.8 Å². The highest BCUT2D eigenvalue weighted by Gasteiger charge is 2.06. The minimum atomic E-state index is -3.12. The Bertz CT molecular complexity index is 475. The van der Waals surface area contributed by atoms with E-state index in [1.165, 1.54) is 6.26 Å². The van der Waals surface area contributed by atoms with Crippen molar-refractivity contribution >= 4 is 21.6 Å². The maximum atomic E-state index is 11.3. The number of thioether (sulfide) groups is 1. The molecule has 1 aromatic rings. The van der Waals surface area contributed by atoms with Crippen molar-refractivity contribution in [3.8, 4) is 5.75 Å². The summed E-state index contributed by atoms with van der Waals surface area (Å²) >= 11 is 1.80. The third-order valence-corrected chi connectivity index (χ3v) is 4.21. The molecule has 0 amide bonds. The molecule has 0 saturated carbocycles. The van der Waals surface area contributed by atoms with Crippen LogP contribution in [0.2, 0.25) is 0 Å². The van der Waals surface area contributed by atoms with Crippen LogP contribution >= 0.6 is 11.8 Å². The van der Waals surface area contributed by atoms with E-state index in [-0.39, 0.29) is 0 Å². The predicted molar refractivity (Wildman–Crippen MR) is 77.2 cm³/mol. The normalized spacial score (nSPS) is 11.9. The molecule has 0 aromatic heterocycles. The van der Waals surface area contributed by atoms with E-state index >= 15 is 0 Å². The molecule has 0 heterocycles. The zero-order valence-electron chi connectivity index (χ0n) is 10.6. The van der Waals surface area contributed by atoms with Gasteiger partial charge in [-0.2, -0.15) is 11.8 Å². The minimum absolute atomic E-state index is 0.317. The third kappa shape index (κ3) is 5.60. The lowest BCUT2D eigenvalue weighted by Gasteiger charge is -2.06. The summed E-state index contributed by atoms with van der Waals surface area (Å²) in [7, 11) is -3.12. The second kappa shape index (κ2) is 7.48. The Kier molecular flexibility index (Phi) is 6.29. The van der Waals surface area contributed by atoms with Crippen molar-refractivity contribution in [3.63, 3.8) is 0 Å². The van der Waals surface area contributed by atoms with Crippen molar-refractivity contribution < 1.29 is 13.2 Å². The van der Waals surface area contributed by atoms with Gasteiger partial charge in [-0.05, 0) is 31.2 Å². The Morgan fingerprint density at radius 2 is 1.94 bits per heavy atom. The fourth-order valence-corrected chi connectivity index (χ4v) is 2.58. The van der Waals surface area contributed by atoms with E-state index < -0.39 is 9.84 Å². The van der Waals surface area contributed by atoms with Gasteiger partial charge in [-0.15, -0.1) is 0 Å². The maximum absolute atomic E-state index is 11.3. The van der Waals surface area contributed by atoms with E-state index in [1.54, 1.807) is 36.0 Å². The van der Waals surface area contributed by atoms with Crippen LogP contribution in [0.5, 0.6) is 5.75 Å². The lowest BCUT2D eigenvalue weighted by atomic mass is 10.3. The number of ether oxygens (including phenoxy) is 1. The average molecular weight is 286 g/mol. The number of rotatable bonds is 7. The molecule has 100 valence electrons. The van der Waals surface area contributed by atoms with Gasteiger partial charge in [0.2, 0.25) is 0 Å². The first kappa shape index (κ1) is 15.1. The molecule has 0 fully saturated rings. The molecule has 0 saturated heterocycles. The van der Waals surface area contributed by atoms with Gasteiger partial charge < -0.3 is 4.74 Å². The fraction of sp³-hybridized carbons (Fsp3) is 0.385. The molecule has 0 bridgehead atoms. The molecular formula is C13H18O3S2. The molecule has 18 heavy (non-hydrogen) atoms. The topological polar surface area (TPSA) is 43.4 Å². The first-order valence-electron chi connectivity index (χ1n) is 5.66. The maximum Gasteiger partial charge on any atom is 0.175 e. The first-order valence-corrected chi connectivity index (χ1v) is 8.70. The number of hydrogen-bond donors (Lipinski definition) is 0. The Morgan fingerprint density at radius 1 is 1.28 bits per heavy atom.